The summed E-state index contributed by atoms with van der Waals surface area (Å²) in [6.07, 6.45) is -0.0997. The Balaban J connectivity index is 1.92. The van der Waals surface area contributed by atoms with Crippen LogP contribution in [0, 0.1) is 0 Å². The lowest BCUT2D eigenvalue weighted by Crippen LogP contribution is -2.36. The number of carbonyl (C=O) groups excluding carboxylic acids is 3. The molecule has 0 radical (unpaired) electrons. The maximum atomic E-state index is 12.5. The van der Waals surface area contributed by atoms with E-state index in [0.717, 1.165) is 12.0 Å². The molecule has 2 unspecified atom stereocenters. The summed E-state index contributed by atoms with van der Waals surface area (Å²) >= 11 is 0. The van der Waals surface area contributed by atoms with Gasteiger partial charge in [0.25, 0.3) is 11.8 Å². The van der Waals surface area contributed by atoms with E-state index in [4.69, 9.17) is 14.2 Å². The van der Waals surface area contributed by atoms with Gasteiger partial charge < -0.3 is 24.8 Å². The summed E-state index contributed by atoms with van der Waals surface area (Å²) in [6.45, 7) is 5.24. The number of amides is 2. The fourth-order valence-corrected chi connectivity index (χ4v) is 2.98. The molecule has 172 valence electrons. The number of esters is 1. The largest absolute Gasteiger partial charge is 0.497 e. The Labute approximate surface area is 188 Å². The van der Waals surface area contributed by atoms with E-state index in [-0.39, 0.29) is 18.0 Å². The van der Waals surface area contributed by atoms with Gasteiger partial charge >= 0.3 is 5.97 Å². The van der Waals surface area contributed by atoms with Crippen molar-refractivity contribution in [2.24, 2.45) is 0 Å². The molecule has 0 heterocycles. The van der Waals surface area contributed by atoms with Gasteiger partial charge in [0, 0.05) is 17.3 Å². The molecule has 2 N–H and O–H groups in total. The summed E-state index contributed by atoms with van der Waals surface area (Å²) in [5, 5.41) is 5.29. The summed E-state index contributed by atoms with van der Waals surface area (Å²) in [6, 6.07) is 12.2. The number of benzene rings is 2. The van der Waals surface area contributed by atoms with Crippen LogP contribution in [-0.2, 0) is 14.3 Å². The quantitative estimate of drug-likeness (QED) is 0.546. The number of methoxy groups -OCH3 is 2. The van der Waals surface area contributed by atoms with Gasteiger partial charge in [0.2, 0.25) is 0 Å². The lowest BCUT2D eigenvalue weighted by Gasteiger charge is -2.18. The zero-order valence-corrected chi connectivity index (χ0v) is 19.1. The molecular formula is C24H30N2O6. The Morgan fingerprint density at radius 3 is 2.19 bits per heavy atom. The topological polar surface area (TPSA) is 103 Å². The van der Waals surface area contributed by atoms with Crippen LogP contribution >= 0.6 is 0 Å². The van der Waals surface area contributed by atoms with Crippen molar-refractivity contribution in [1.82, 2.24) is 5.32 Å². The van der Waals surface area contributed by atoms with Gasteiger partial charge in [-0.05, 0) is 43.0 Å². The maximum absolute atomic E-state index is 12.5. The second-order valence-electron chi connectivity index (χ2n) is 7.30. The molecule has 2 atom stereocenters. The molecule has 2 aromatic rings. The average Bonchev–Trinajstić information content (AvgIpc) is 2.81. The van der Waals surface area contributed by atoms with Gasteiger partial charge in [-0.25, -0.2) is 0 Å². The monoisotopic (exact) mass is 442 g/mol. The molecule has 0 saturated heterocycles. The van der Waals surface area contributed by atoms with Gasteiger partial charge in [0.15, 0.2) is 6.10 Å². The van der Waals surface area contributed by atoms with E-state index in [1.165, 1.54) is 33.3 Å². The first-order valence-electron chi connectivity index (χ1n) is 10.4. The lowest BCUT2D eigenvalue weighted by molar-refractivity contribution is -0.152. The van der Waals surface area contributed by atoms with Crippen LogP contribution < -0.4 is 20.1 Å². The van der Waals surface area contributed by atoms with Gasteiger partial charge in [0.05, 0.1) is 14.2 Å². The van der Waals surface area contributed by atoms with Crippen LogP contribution in [0.3, 0.4) is 0 Å². The van der Waals surface area contributed by atoms with Crippen molar-refractivity contribution in [3.8, 4) is 11.5 Å². The SMILES string of the molecule is CCC(C)c1ccccc1NC(=O)C(C)OC(=O)CNC(=O)c1cc(OC)cc(OC)c1. The van der Waals surface area contributed by atoms with Crippen LogP contribution in [0.2, 0.25) is 0 Å². The normalized spacial score (nSPS) is 12.3. The van der Waals surface area contributed by atoms with Gasteiger partial charge in [-0.2, -0.15) is 0 Å². The maximum Gasteiger partial charge on any atom is 0.326 e. The molecule has 32 heavy (non-hydrogen) atoms. The Morgan fingerprint density at radius 1 is 0.969 bits per heavy atom. The van der Waals surface area contributed by atoms with Crippen molar-refractivity contribution in [3.05, 3.63) is 53.6 Å². The second kappa shape index (κ2) is 11.7. The molecule has 8 nitrogen and oxygen atoms in total. The number of carbonyl (C=O) groups is 3. The predicted octanol–water partition coefficient (Wildman–Crippen LogP) is 3.52. The minimum absolute atomic E-state index is 0.265. The minimum atomic E-state index is -1.03. The molecule has 2 aromatic carbocycles. The molecule has 0 aliphatic carbocycles. The Bertz CT molecular complexity index is 937. The first kappa shape index (κ1) is 24.7. The summed E-state index contributed by atoms with van der Waals surface area (Å²) in [4.78, 5) is 37.0. The van der Waals surface area contributed by atoms with Gasteiger partial charge in [-0.3, -0.25) is 14.4 Å². The molecule has 8 heteroatoms. The fraction of sp³-hybridized carbons (Fsp3) is 0.375. The number of para-hydroxylation sites is 1. The van der Waals surface area contributed by atoms with Crippen molar-refractivity contribution in [1.29, 1.82) is 0 Å². The molecule has 0 aliphatic heterocycles. The first-order valence-corrected chi connectivity index (χ1v) is 10.4. The van der Waals surface area contributed by atoms with Crippen molar-refractivity contribution < 1.29 is 28.6 Å². The van der Waals surface area contributed by atoms with E-state index in [9.17, 15) is 14.4 Å². The first-order chi connectivity index (χ1) is 15.3. The van der Waals surface area contributed by atoms with Crippen molar-refractivity contribution in [2.75, 3.05) is 26.1 Å². The Kier molecular flexibility index (Phi) is 9.07. The molecule has 0 bridgehead atoms. The van der Waals surface area contributed by atoms with Gasteiger partial charge in [0.1, 0.15) is 18.0 Å². The number of nitrogens with one attached hydrogen (secondary N) is 2. The number of hydrogen-bond acceptors (Lipinski definition) is 6. The van der Waals surface area contributed by atoms with Crippen molar-refractivity contribution >= 4 is 23.5 Å². The number of rotatable bonds is 10. The molecule has 0 spiro atoms. The molecule has 2 rings (SSSR count). The standard InChI is InChI=1S/C24H30N2O6/c1-6-15(2)20-9-7-8-10-21(20)26-23(28)16(3)32-22(27)14-25-24(29)17-11-18(30-4)13-19(12-17)31-5/h7-13,15-16H,6,14H2,1-5H3,(H,25,29)(H,26,28). The number of hydrogen-bond donors (Lipinski definition) is 2. The zero-order chi connectivity index (χ0) is 23.7. The third kappa shape index (κ3) is 6.73. The third-order valence-corrected chi connectivity index (χ3v) is 5.05. The van der Waals surface area contributed by atoms with Crippen LogP contribution in [0.5, 0.6) is 11.5 Å². The van der Waals surface area contributed by atoms with Crippen LogP contribution in [-0.4, -0.2) is 44.7 Å². The third-order valence-electron chi connectivity index (χ3n) is 5.05. The summed E-state index contributed by atoms with van der Waals surface area (Å²) in [5.41, 5.74) is 1.97. The highest BCUT2D eigenvalue weighted by Crippen LogP contribution is 2.26. The highest BCUT2D eigenvalue weighted by Gasteiger charge is 2.20. The summed E-state index contributed by atoms with van der Waals surface area (Å²) < 4.78 is 15.4. The van der Waals surface area contributed by atoms with Gasteiger partial charge in [-0.15, -0.1) is 0 Å². The number of anilines is 1. The van der Waals surface area contributed by atoms with Crippen LogP contribution in [0.25, 0.3) is 0 Å². The Morgan fingerprint density at radius 2 is 1.59 bits per heavy atom. The van der Waals surface area contributed by atoms with E-state index >= 15 is 0 Å². The molecule has 2 amide bonds. The highest BCUT2D eigenvalue weighted by atomic mass is 16.5. The highest BCUT2D eigenvalue weighted by molar-refractivity contribution is 5.98. The van der Waals surface area contributed by atoms with Crippen LogP contribution in [0.1, 0.15) is 49.0 Å². The minimum Gasteiger partial charge on any atom is -0.497 e. The number of ether oxygens (including phenoxy) is 3. The molecule has 0 aromatic heterocycles. The lowest BCUT2D eigenvalue weighted by atomic mass is 9.97. The molecule has 0 saturated carbocycles. The van der Waals surface area contributed by atoms with Gasteiger partial charge in [-0.1, -0.05) is 32.0 Å². The van der Waals surface area contributed by atoms with Crippen LogP contribution in [0.4, 0.5) is 5.69 Å². The van der Waals surface area contributed by atoms with E-state index in [2.05, 4.69) is 24.5 Å². The molecule has 0 aliphatic rings. The van der Waals surface area contributed by atoms with E-state index in [0.29, 0.717) is 17.2 Å². The summed E-state index contributed by atoms with van der Waals surface area (Å²) in [5.74, 6) is -0.516. The molecular weight excluding hydrogens is 412 g/mol. The average molecular weight is 443 g/mol. The van der Waals surface area contributed by atoms with E-state index in [1.807, 2.05) is 24.3 Å². The van der Waals surface area contributed by atoms with E-state index < -0.39 is 23.9 Å². The smallest absolute Gasteiger partial charge is 0.326 e. The van der Waals surface area contributed by atoms with Crippen LogP contribution in [0.15, 0.2) is 42.5 Å². The van der Waals surface area contributed by atoms with E-state index in [1.54, 1.807) is 6.07 Å². The second-order valence-corrected chi connectivity index (χ2v) is 7.30. The Hall–Kier alpha value is -3.55. The summed E-state index contributed by atoms with van der Waals surface area (Å²) in [7, 11) is 2.95. The zero-order valence-electron chi connectivity index (χ0n) is 19.1. The van der Waals surface area contributed by atoms with Crippen molar-refractivity contribution in [2.45, 2.75) is 39.2 Å². The fourth-order valence-electron chi connectivity index (χ4n) is 2.98. The predicted molar refractivity (Wildman–Crippen MR) is 121 cm³/mol. The molecule has 0 fully saturated rings. The van der Waals surface area contributed by atoms with Crippen molar-refractivity contribution in [3.63, 3.8) is 0 Å².